The molecule has 98 valence electrons. The topological polar surface area (TPSA) is 0 Å². The van der Waals surface area contributed by atoms with Crippen LogP contribution in [0.15, 0.2) is 30.3 Å². The fourth-order valence-corrected chi connectivity index (χ4v) is 2.10. The molecule has 17 heavy (non-hydrogen) atoms. The van der Waals surface area contributed by atoms with E-state index in [4.69, 9.17) is 0 Å². The number of hydrogen-bond donors (Lipinski definition) is 0. The van der Waals surface area contributed by atoms with Crippen LogP contribution in [0.3, 0.4) is 0 Å². The molecule has 1 rings (SSSR count). The lowest BCUT2D eigenvalue weighted by atomic mass is 9.90. The van der Waals surface area contributed by atoms with Crippen LogP contribution in [0, 0.1) is 5.92 Å². The molecule has 0 fully saturated rings. The molecule has 0 saturated heterocycles. The van der Waals surface area contributed by atoms with Crippen LogP contribution in [0.5, 0.6) is 0 Å². The Labute approximate surface area is 108 Å². The van der Waals surface area contributed by atoms with Crippen LogP contribution in [0.2, 0.25) is 0 Å². The molecule has 1 aromatic rings. The fraction of sp³-hybridized carbons (Fsp3) is 0.647. The van der Waals surface area contributed by atoms with Gasteiger partial charge in [-0.05, 0) is 30.2 Å². The van der Waals surface area contributed by atoms with E-state index in [-0.39, 0.29) is 0 Å². The van der Waals surface area contributed by atoms with Crippen LogP contribution in [0.4, 0.5) is 0 Å². The van der Waals surface area contributed by atoms with Crippen molar-refractivity contribution in [3.63, 3.8) is 0 Å². The summed E-state index contributed by atoms with van der Waals surface area (Å²) in [6, 6.07) is 10.9. The first-order chi connectivity index (χ1) is 8.24. The first kappa shape index (κ1) is 16.2. The maximum atomic E-state index is 2.31. The molecule has 0 aliphatic rings. The van der Waals surface area contributed by atoms with Gasteiger partial charge in [-0.25, -0.2) is 0 Å². The Hall–Kier alpha value is -0.780. The van der Waals surface area contributed by atoms with Crippen molar-refractivity contribution in [3.05, 3.63) is 35.9 Å². The summed E-state index contributed by atoms with van der Waals surface area (Å²) in [6.45, 7) is 10.9. The van der Waals surface area contributed by atoms with Crippen molar-refractivity contribution in [2.24, 2.45) is 5.92 Å². The molecular formula is C17H30. The third-order valence-electron chi connectivity index (χ3n) is 3.10. The monoisotopic (exact) mass is 234 g/mol. The standard InChI is InChI=1S/C15H24.C2H6/c1-4-14(12-8-9-13(2)3)15-10-6-5-7-11-15;1-2/h5-7,10-11,13-14H,4,8-9,12H2,1-3H3;1-2H3. The summed E-state index contributed by atoms with van der Waals surface area (Å²) in [7, 11) is 0. The SMILES string of the molecule is CC.CCC(CCCC(C)C)c1ccccc1. The molecule has 0 amide bonds. The minimum Gasteiger partial charge on any atom is -0.0683 e. The van der Waals surface area contributed by atoms with E-state index in [1.165, 1.54) is 31.2 Å². The van der Waals surface area contributed by atoms with Crippen molar-refractivity contribution < 1.29 is 0 Å². The third kappa shape index (κ3) is 7.20. The van der Waals surface area contributed by atoms with Gasteiger partial charge in [0.05, 0.1) is 0 Å². The van der Waals surface area contributed by atoms with E-state index in [9.17, 15) is 0 Å². The largest absolute Gasteiger partial charge is 0.0683 e. The average Bonchev–Trinajstić information content (AvgIpc) is 2.38. The first-order valence-electron chi connectivity index (χ1n) is 7.29. The van der Waals surface area contributed by atoms with Crippen molar-refractivity contribution in [1.29, 1.82) is 0 Å². The lowest BCUT2D eigenvalue weighted by Crippen LogP contribution is -1.98. The summed E-state index contributed by atoms with van der Waals surface area (Å²) in [4.78, 5) is 0. The van der Waals surface area contributed by atoms with Crippen LogP contribution < -0.4 is 0 Å². The summed E-state index contributed by atoms with van der Waals surface area (Å²) < 4.78 is 0. The highest BCUT2D eigenvalue weighted by Gasteiger charge is 2.08. The Morgan fingerprint density at radius 2 is 1.53 bits per heavy atom. The van der Waals surface area contributed by atoms with Crippen LogP contribution in [0.1, 0.15) is 71.8 Å². The summed E-state index contributed by atoms with van der Waals surface area (Å²) in [5.74, 6) is 1.61. The average molecular weight is 234 g/mol. The van der Waals surface area contributed by atoms with Gasteiger partial charge in [0.15, 0.2) is 0 Å². The van der Waals surface area contributed by atoms with Crippen molar-refractivity contribution in [1.82, 2.24) is 0 Å². The molecular weight excluding hydrogens is 204 g/mol. The zero-order valence-corrected chi connectivity index (χ0v) is 12.4. The number of benzene rings is 1. The van der Waals surface area contributed by atoms with Crippen LogP contribution in [-0.2, 0) is 0 Å². The molecule has 0 bridgehead atoms. The Kier molecular flexibility index (Phi) is 9.90. The van der Waals surface area contributed by atoms with Gasteiger partial charge in [-0.3, -0.25) is 0 Å². The van der Waals surface area contributed by atoms with E-state index in [0.717, 1.165) is 11.8 Å². The van der Waals surface area contributed by atoms with Gasteiger partial charge in [-0.2, -0.15) is 0 Å². The molecule has 0 heterocycles. The number of rotatable bonds is 6. The smallest absolute Gasteiger partial charge is 0.0165 e. The quantitative estimate of drug-likeness (QED) is 0.563. The summed E-state index contributed by atoms with van der Waals surface area (Å²) in [5, 5.41) is 0. The van der Waals surface area contributed by atoms with Crippen molar-refractivity contribution in [2.75, 3.05) is 0 Å². The molecule has 0 N–H and O–H groups in total. The van der Waals surface area contributed by atoms with E-state index >= 15 is 0 Å². The predicted molar refractivity (Wildman–Crippen MR) is 79.5 cm³/mol. The van der Waals surface area contributed by atoms with Crippen molar-refractivity contribution >= 4 is 0 Å². The molecule has 0 aromatic heterocycles. The van der Waals surface area contributed by atoms with Crippen LogP contribution in [0.25, 0.3) is 0 Å². The van der Waals surface area contributed by atoms with Gasteiger partial charge < -0.3 is 0 Å². The van der Waals surface area contributed by atoms with Gasteiger partial charge >= 0.3 is 0 Å². The van der Waals surface area contributed by atoms with Gasteiger partial charge in [0.25, 0.3) is 0 Å². The summed E-state index contributed by atoms with van der Waals surface area (Å²) >= 11 is 0. The maximum absolute atomic E-state index is 2.31. The Morgan fingerprint density at radius 1 is 0.941 bits per heavy atom. The van der Waals surface area contributed by atoms with E-state index < -0.39 is 0 Å². The van der Waals surface area contributed by atoms with Gasteiger partial charge in [-0.1, -0.05) is 77.8 Å². The lowest BCUT2D eigenvalue weighted by Gasteiger charge is -2.15. The Bertz CT molecular complexity index is 248. The molecule has 0 radical (unpaired) electrons. The van der Waals surface area contributed by atoms with Gasteiger partial charge in [0.2, 0.25) is 0 Å². The van der Waals surface area contributed by atoms with E-state index in [0.29, 0.717) is 0 Å². The molecule has 0 aliphatic carbocycles. The summed E-state index contributed by atoms with van der Waals surface area (Å²) in [5.41, 5.74) is 1.52. The summed E-state index contributed by atoms with van der Waals surface area (Å²) in [6.07, 6.45) is 5.34. The highest BCUT2D eigenvalue weighted by atomic mass is 14.1. The Morgan fingerprint density at radius 3 is 2.00 bits per heavy atom. The maximum Gasteiger partial charge on any atom is -0.0165 e. The third-order valence-corrected chi connectivity index (χ3v) is 3.10. The zero-order valence-electron chi connectivity index (χ0n) is 12.4. The number of hydrogen-bond acceptors (Lipinski definition) is 0. The molecule has 0 heteroatoms. The highest BCUT2D eigenvalue weighted by molar-refractivity contribution is 5.19. The Balaban J connectivity index is 0.00000121. The van der Waals surface area contributed by atoms with Crippen molar-refractivity contribution in [2.45, 2.75) is 66.2 Å². The lowest BCUT2D eigenvalue weighted by molar-refractivity contribution is 0.493. The minimum atomic E-state index is 0.768. The van der Waals surface area contributed by atoms with E-state index in [2.05, 4.69) is 51.1 Å². The van der Waals surface area contributed by atoms with Crippen molar-refractivity contribution in [3.8, 4) is 0 Å². The second-order valence-corrected chi connectivity index (χ2v) is 4.84. The van der Waals surface area contributed by atoms with Crippen LogP contribution in [-0.4, -0.2) is 0 Å². The highest BCUT2D eigenvalue weighted by Crippen LogP contribution is 2.25. The normalized spacial score (nSPS) is 11.9. The molecule has 0 spiro atoms. The molecule has 0 nitrogen and oxygen atoms in total. The van der Waals surface area contributed by atoms with Gasteiger partial charge in [0, 0.05) is 0 Å². The molecule has 0 aliphatic heterocycles. The molecule has 1 unspecified atom stereocenters. The van der Waals surface area contributed by atoms with Gasteiger partial charge in [-0.15, -0.1) is 0 Å². The minimum absolute atomic E-state index is 0.768. The first-order valence-corrected chi connectivity index (χ1v) is 7.29. The molecule has 1 aromatic carbocycles. The van der Waals surface area contributed by atoms with Gasteiger partial charge in [0.1, 0.15) is 0 Å². The second-order valence-electron chi connectivity index (χ2n) is 4.84. The van der Waals surface area contributed by atoms with E-state index in [1.54, 1.807) is 0 Å². The van der Waals surface area contributed by atoms with Crippen LogP contribution >= 0.6 is 0 Å². The molecule has 1 atom stereocenters. The van der Waals surface area contributed by atoms with E-state index in [1.807, 2.05) is 13.8 Å². The fourth-order valence-electron chi connectivity index (χ4n) is 2.10. The molecule has 0 saturated carbocycles. The zero-order chi connectivity index (χ0) is 13.1. The predicted octanol–water partition coefficient (Wildman–Crippen LogP) is 6.03. The second kappa shape index (κ2) is 10.4.